The lowest BCUT2D eigenvalue weighted by Gasteiger charge is -2.36. The Morgan fingerprint density at radius 3 is 2.39 bits per heavy atom. The number of carbonyl (C=O) groups is 1. The van der Waals surface area contributed by atoms with Gasteiger partial charge in [0.15, 0.2) is 0 Å². The predicted molar refractivity (Wildman–Crippen MR) is 127 cm³/mol. The van der Waals surface area contributed by atoms with E-state index in [-0.39, 0.29) is 23.8 Å². The van der Waals surface area contributed by atoms with Gasteiger partial charge in [0, 0.05) is 48.9 Å². The van der Waals surface area contributed by atoms with Gasteiger partial charge in [0.05, 0.1) is 15.7 Å². The largest absolute Gasteiger partial charge is 0.489 e. The minimum atomic E-state index is -0.384. The number of hydrogen-bond donors (Lipinski definition) is 0. The molecule has 1 aliphatic heterocycles. The molecule has 1 saturated heterocycles. The summed E-state index contributed by atoms with van der Waals surface area (Å²) in [7, 11) is 0. The minimum Gasteiger partial charge on any atom is -0.489 e. The van der Waals surface area contributed by atoms with E-state index >= 15 is 0 Å². The normalized spacial score (nSPS) is 13.7. The van der Waals surface area contributed by atoms with Crippen LogP contribution in [0.25, 0.3) is 0 Å². The third-order valence-corrected chi connectivity index (χ3v) is 6.13. The van der Waals surface area contributed by atoms with Crippen molar-refractivity contribution in [2.24, 2.45) is 0 Å². The van der Waals surface area contributed by atoms with Crippen molar-refractivity contribution >= 4 is 69.8 Å². The fraction of sp³-hybridized carbons (Fsp3) is 0.286. The van der Waals surface area contributed by atoms with Crippen LogP contribution in [0.15, 0.2) is 47.0 Å². The van der Waals surface area contributed by atoms with Crippen LogP contribution < -0.4 is 9.64 Å². The van der Waals surface area contributed by atoms with Crippen LogP contribution in [-0.2, 0) is 11.3 Å². The second-order valence-corrected chi connectivity index (χ2v) is 8.86. The first kappa shape index (κ1) is 24.1. The first-order valence-electron chi connectivity index (χ1n) is 9.38. The van der Waals surface area contributed by atoms with Crippen LogP contribution in [0.2, 0.25) is 15.1 Å². The Bertz CT molecular complexity index is 958. The molecular formula is C21H19Cl5N2O3. The van der Waals surface area contributed by atoms with Crippen molar-refractivity contribution in [2.75, 3.05) is 37.7 Å². The van der Waals surface area contributed by atoms with Gasteiger partial charge in [-0.1, -0.05) is 76.2 Å². The highest BCUT2D eigenvalue weighted by atomic mass is 35.5. The number of anilines is 1. The van der Waals surface area contributed by atoms with Gasteiger partial charge in [-0.3, -0.25) is 0 Å². The van der Waals surface area contributed by atoms with Crippen LogP contribution in [-0.4, -0.2) is 43.8 Å². The highest BCUT2D eigenvalue weighted by molar-refractivity contribution is 6.55. The summed E-state index contributed by atoms with van der Waals surface area (Å²) in [4.78, 5) is 16.1. The fourth-order valence-electron chi connectivity index (χ4n) is 3.04. The van der Waals surface area contributed by atoms with Crippen molar-refractivity contribution < 1.29 is 14.3 Å². The Balaban J connectivity index is 1.58. The van der Waals surface area contributed by atoms with E-state index < -0.39 is 0 Å². The van der Waals surface area contributed by atoms with Gasteiger partial charge in [-0.25, -0.2) is 4.79 Å². The number of halogens is 5. The molecule has 1 fully saturated rings. The van der Waals surface area contributed by atoms with Crippen LogP contribution >= 0.6 is 58.0 Å². The van der Waals surface area contributed by atoms with Gasteiger partial charge in [-0.15, -0.1) is 0 Å². The third-order valence-electron chi connectivity index (χ3n) is 4.66. The molecule has 0 atom stereocenters. The first-order valence-corrected chi connectivity index (χ1v) is 11.3. The Morgan fingerprint density at radius 2 is 1.71 bits per heavy atom. The number of rotatable bonds is 6. The number of hydrogen-bond acceptors (Lipinski definition) is 4. The SMILES string of the molecule is O=C(OCc1ccccc1Cl)N1CCN(c2cc(OCC=C(Cl)Cl)cc(Cl)c2Cl)CC1. The summed E-state index contributed by atoms with van der Waals surface area (Å²) in [6.45, 7) is 2.41. The minimum absolute atomic E-state index is 0.123. The molecule has 1 aliphatic rings. The molecule has 10 heteroatoms. The molecule has 0 N–H and O–H groups in total. The second-order valence-electron chi connectivity index (χ2n) is 6.66. The molecule has 3 rings (SSSR count). The molecule has 31 heavy (non-hydrogen) atoms. The van der Waals surface area contributed by atoms with Crippen LogP contribution in [0.3, 0.4) is 0 Å². The molecule has 0 bridgehead atoms. The summed E-state index contributed by atoms with van der Waals surface area (Å²) in [5, 5.41) is 1.36. The summed E-state index contributed by atoms with van der Waals surface area (Å²) < 4.78 is 11.1. The molecular weight excluding hydrogens is 506 g/mol. The van der Waals surface area contributed by atoms with Crippen LogP contribution in [0, 0.1) is 0 Å². The molecule has 1 amide bonds. The van der Waals surface area contributed by atoms with Gasteiger partial charge in [0.1, 0.15) is 23.5 Å². The molecule has 2 aromatic rings. The Kier molecular flexibility index (Phi) is 8.87. The number of amides is 1. The van der Waals surface area contributed by atoms with E-state index in [4.69, 9.17) is 67.5 Å². The number of piperazine rings is 1. The van der Waals surface area contributed by atoms with E-state index in [9.17, 15) is 4.79 Å². The number of ether oxygens (including phenoxy) is 2. The molecule has 0 unspecified atom stereocenters. The van der Waals surface area contributed by atoms with E-state index in [1.807, 2.05) is 23.1 Å². The van der Waals surface area contributed by atoms with E-state index in [0.29, 0.717) is 47.0 Å². The Labute approximate surface area is 206 Å². The van der Waals surface area contributed by atoms with Gasteiger partial charge < -0.3 is 19.3 Å². The Hall–Kier alpha value is -1.50. The monoisotopic (exact) mass is 522 g/mol. The molecule has 5 nitrogen and oxygen atoms in total. The average molecular weight is 525 g/mol. The second kappa shape index (κ2) is 11.4. The van der Waals surface area contributed by atoms with E-state index in [1.54, 1.807) is 23.1 Å². The lowest BCUT2D eigenvalue weighted by atomic mass is 10.2. The topological polar surface area (TPSA) is 42.0 Å². The standard InChI is InChI=1S/C21H19Cl5N2O3/c22-16-4-2-1-3-14(16)13-31-21(29)28-8-6-27(7-9-28)18-12-15(11-17(23)20(18)26)30-10-5-19(24)25/h1-5,11-12H,6-10,13H2. The van der Waals surface area contributed by atoms with Crippen molar-refractivity contribution in [2.45, 2.75) is 6.61 Å². The van der Waals surface area contributed by atoms with Crippen LogP contribution in [0.4, 0.5) is 10.5 Å². The molecule has 0 saturated carbocycles. The lowest BCUT2D eigenvalue weighted by molar-refractivity contribution is 0.0942. The number of benzene rings is 2. The molecule has 0 spiro atoms. The highest BCUT2D eigenvalue weighted by Crippen LogP contribution is 2.37. The van der Waals surface area contributed by atoms with Gasteiger partial charge in [0.2, 0.25) is 0 Å². The fourth-order valence-corrected chi connectivity index (χ4v) is 3.79. The van der Waals surface area contributed by atoms with Crippen molar-refractivity contribution in [3.05, 3.63) is 67.6 Å². The molecule has 1 heterocycles. The smallest absolute Gasteiger partial charge is 0.410 e. The van der Waals surface area contributed by atoms with E-state index in [1.165, 1.54) is 6.08 Å². The summed E-state index contributed by atoms with van der Waals surface area (Å²) in [6.07, 6.45) is 1.14. The van der Waals surface area contributed by atoms with Crippen molar-refractivity contribution in [1.82, 2.24) is 4.90 Å². The van der Waals surface area contributed by atoms with Crippen molar-refractivity contribution in [1.29, 1.82) is 0 Å². The highest BCUT2D eigenvalue weighted by Gasteiger charge is 2.25. The van der Waals surface area contributed by atoms with Gasteiger partial charge in [0.25, 0.3) is 0 Å². The zero-order valence-corrected chi connectivity index (χ0v) is 20.1. The quantitative estimate of drug-likeness (QED) is 0.417. The zero-order valence-electron chi connectivity index (χ0n) is 16.3. The summed E-state index contributed by atoms with van der Waals surface area (Å²) in [6, 6.07) is 10.7. The molecule has 0 aliphatic carbocycles. The maximum absolute atomic E-state index is 12.4. The van der Waals surface area contributed by atoms with E-state index in [2.05, 4.69) is 0 Å². The molecule has 0 aromatic heterocycles. The van der Waals surface area contributed by atoms with Crippen LogP contribution in [0.5, 0.6) is 5.75 Å². The number of carbonyl (C=O) groups excluding carboxylic acids is 1. The maximum atomic E-state index is 12.4. The van der Waals surface area contributed by atoms with Gasteiger partial charge in [-0.05, 0) is 12.1 Å². The van der Waals surface area contributed by atoms with Crippen molar-refractivity contribution in [3.63, 3.8) is 0 Å². The van der Waals surface area contributed by atoms with Crippen molar-refractivity contribution in [3.8, 4) is 5.75 Å². The van der Waals surface area contributed by atoms with Gasteiger partial charge >= 0.3 is 6.09 Å². The predicted octanol–water partition coefficient (Wildman–Crippen LogP) is 6.80. The zero-order chi connectivity index (χ0) is 22.4. The summed E-state index contributed by atoms with van der Waals surface area (Å²) in [5.74, 6) is 0.539. The van der Waals surface area contributed by atoms with E-state index in [0.717, 1.165) is 11.3 Å². The number of nitrogens with zero attached hydrogens (tertiary/aromatic N) is 2. The average Bonchev–Trinajstić information content (AvgIpc) is 2.75. The summed E-state index contributed by atoms with van der Waals surface area (Å²) >= 11 is 30.0. The molecule has 166 valence electrons. The van der Waals surface area contributed by atoms with Gasteiger partial charge in [-0.2, -0.15) is 0 Å². The Morgan fingerprint density at radius 1 is 1.00 bits per heavy atom. The van der Waals surface area contributed by atoms with Crippen LogP contribution in [0.1, 0.15) is 5.56 Å². The summed E-state index contributed by atoms with van der Waals surface area (Å²) in [5.41, 5.74) is 1.49. The molecule has 0 radical (unpaired) electrons. The third kappa shape index (κ3) is 6.74. The first-order chi connectivity index (χ1) is 14.8. The molecule has 2 aromatic carbocycles. The maximum Gasteiger partial charge on any atom is 0.410 e. The lowest BCUT2D eigenvalue weighted by Crippen LogP contribution is -2.49.